The quantitative estimate of drug-likeness (QED) is 0.448. The van der Waals surface area contributed by atoms with E-state index in [-0.39, 0.29) is 30.8 Å². The van der Waals surface area contributed by atoms with E-state index in [4.69, 9.17) is 4.42 Å². The zero-order valence-corrected chi connectivity index (χ0v) is 20.0. The van der Waals surface area contributed by atoms with E-state index in [9.17, 15) is 18.8 Å². The van der Waals surface area contributed by atoms with Gasteiger partial charge < -0.3 is 20.0 Å². The number of carbonyl (C=O) groups excluding carboxylic acids is 3. The Balaban J connectivity index is 1.59. The highest BCUT2D eigenvalue weighted by atomic mass is 19.1. The molecular weight excluding hydrogens is 461 g/mol. The van der Waals surface area contributed by atoms with Crippen LogP contribution >= 0.6 is 0 Å². The van der Waals surface area contributed by atoms with Gasteiger partial charge in [-0.2, -0.15) is 0 Å². The van der Waals surface area contributed by atoms with Gasteiger partial charge >= 0.3 is 0 Å². The van der Waals surface area contributed by atoms with Crippen LogP contribution in [0.2, 0.25) is 0 Å². The number of carbonyl (C=O) groups is 3. The van der Waals surface area contributed by atoms with Crippen LogP contribution in [0, 0.1) is 5.82 Å². The molecule has 1 heterocycles. The molecule has 3 aromatic rings. The predicted octanol–water partition coefficient (Wildman–Crippen LogP) is 4.02. The van der Waals surface area contributed by atoms with Crippen molar-refractivity contribution in [1.29, 1.82) is 0 Å². The molecule has 1 fully saturated rings. The van der Waals surface area contributed by atoms with Crippen LogP contribution in [-0.2, 0) is 16.0 Å². The van der Waals surface area contributed by atoms with Gasteiger partial charge in [0.15, 0.2) is 5.76 Å². The van der Waals surface area contributed by atoms with Crippen molar-refractivity contribution in [2.45, 2.75) is 44.2 Å². The highest BCUT2D eigenvalue weighted by Gasteiger charge is 2.33. The average Bonchev–Trinajstić information content (AvgIpc) is 3.61. The first-order valence-corrected chi connectivity index (χ1v) is 12.2. The van der Waals surface area contributed by atoms with Crippen molar-refractivity contribution in [3.63, 3.8) is 0 Å². The molecule has 1 atom stereocenters. The smallest absolute Gasteiger partial charge is 0.287 e. The minimum Gasteiger partial charge on any atom is -0.459 e. The highest BCUT2D eigenvalue weighted by Crippen LogP contribution is 2.25. The SMILES string of the molecule is O=C(NCC(=O)N(CCc1ccccc1)[C@@H](C(=O)NC1CCCC1)c1ccc(F)cc1)c1ccco1. The van der Waals surface area contributed by atoms with Gasteiger partial charge in [-0.25, -0.2) is 4.39 Å². The van der Waals surface area contributed by atoms with Crippen LogP contribution < -0.4 is 10.6 Å². The van der Waals surface area contributed by atoms with E-state index in [1.54, 1.807) is 6.07 Å². The number of nitrogens with zero attached hydrogens (tertiary/aromatic N) is 1. The number of hydrogen-bond donors (Lipinski definition) is 2. The maximum Gasteiger partial charge on any atom is 0.287 e. The third-order valence-electron chi connectivity index (χ3n) is 6.40. The second-order valence-corrected chi connectivity index (χ2v) is 8.93. The van der Waals surface area contributed by atoms with Gasteiger partial charge in [0.25, 0.3) is 5.91 Å². The lowest BCUT2D eigenvalue weighted by atomic mass is 10.0. The lowest BCUT2D eigenvalue weighted by Gasteiger charge is -2.32. The first-order valence-electron chi connectivity index (χ1n) is 12.2. The van der Waals surface area contributed by atoms with Crippen molar-refractivity contribution < 1.29 is 23.2 Å². The monoisotopic (exact) mass is 491 g/mol. The summed E-state index contributed by atoms with van der Waals surface area (Å²) in [6, 6.07) is 17.4. The molecule has 4 rings (SSSR count). The minimum atomic E-state index is -0.970. The first-order chi connectivity index (χ1) is 17.5. The summed E-state index contributed by atoms with van der Waals surface area (Å²) in [7, 11) is 0. The van der Waals surface area contributed by atoms with Gasteiger partial charge in [-0.3, -0.25) is 14.4 Å². The van der Waals surface area contributed by atoms with Gasteiger partial charge in [-0.15, -0.1) is 0 Å². The zero-order chi connectivity index (χ0) is 25.3. The molecule has 0 saturated heterocycles. The van der Waals surface area contributed by atoms with Gasteiger partial charge in [0, 0.05) is 12.6 Å². The van der Waals surface area contributed by atoms with Gasteiger partial charge in [-0.1, -0.05) is 55.3 Å². The van der Waals surface area contributed by atoms with Gasteiger partial charge in [0.1, 0.15) is 11.9 Å². The van der Waals surface area contributed by atoms with Crippen molar-refractivity contribution in [1.82, 2.24) is 15.5 Å². The van der Waals surface area contributed by atoms with Crippen LogP contribution in [0.15, 0.2) is 77.4 Å². The van der Waals surface area contributed by atoms with Crippen LogP contribution in [0.3, 0.4) is 0 Å². The Hall–Kier alpha value is -3.94. The normalized spacial score (nSPS) is 14.2. The standard InChI is InChI=1S/C28H30FN3O4/c29-22-14-12-21(13-15-22)26(28(35)31-23-9-4-5-10-23)32(17-16-20-7-2-1-3-8-20)25(33)19-30-27(34)24-11-6-18-36-24/h1-3,6-8,11-15,18,23,26H,4-5,9-10,16-17,19H2,(H,30,34)(H,31,35)/t26-/m1/s1. The lowest BCUT2D eigenvalue weighted by Crippen LogP contribution is -2.49. The van der Waals surface area contributed by atoms with Crippen molar-refractivity contribution in [2.75, 3.05) is 13.1 Å². The molecule has 0 aliphatic heterocycles. The van der Waals surface area contributed by atoms with E-state index in [0.717, 1.165) is 31.2 Å². The van der Waals surface area contributed by atoms with E-state index < -0.39 is 23.7 Å². The third-order valence-corrected chi connectivity index (χ3v) is 6.40. The van der Waals surface area contributed by atoms with Crippen molar-refractivity contribution in [3.05, 3.63) is 95.7 Å². The molecule has 8 heteroatoms. The molecule has 1 saturated carbocycles. The number of benzene rings is 2. The summed E-state index contributed by atoms with van der Waals surface area (Å²) in [5.74, 6) is -1.60. The van der Waals surface area contributed by atoms with Crippen LogP contribution in [0.4, 0.5) is 4.39 Å². The van der Waals surface area contributed by atoms with Crippen LogP contribution in [0.5, 0.6) is 0 Å². The molecule has 0 unspecified atom stereocenters. The summed E-state index contributed by atoms with van der Waals surface area (Å²) in [6.45, 7) is -0.0810. The third kappa shape index (κ3) is 6.59. The fourth-order valence-electron chi connectivity index (χ4n) is 4.51. The Morgan fingerprint density at radius 2 is 1.69 bits per heavy atom. The Kier molecular flexibility index (Phi) is 8.49. The van der Waals surface area contributed by atoms with E-state index >= 15 is 0 Å². The topological polar surface area (TPSA) is 91.7 Å². The Bertz CT molecular complexity index is 1140. The zero-order valence-electron chi connectivity index (χ0n) is 20.0. The molecule has 0 bridgehead atoms. The number of amides is 3. The molecule has 3 amide bonds. The molecule has 2 aromatic carbocycles. The van der Waals surface area contributed by atoms with Crippen molar-refractivity contribution in [2.24, 2.45) is 0 Å². The van der Waals surface area contributed by atoms with E-state index in [0.29, 0.717) is 12.0 Å². The van der Waals surface area contributed by atoms with Gasteiger partial charge in [-0.05, 0) is 54.7 Å². The average molecular weight is 492 g/mol. The van der Waals surface area contributed by atoms with E-state index in [1.807, 2.05) is 30.3 Å². The molecule has 2 N–H and O–H groups in total. The number of rotatable bonds is 10. The summed E-state index contributed by atoms with van der Waals surface area (Å²) in [5.41, 5.74) is 1.51. The molecule has 1 aliphatic rings. The Morgan fingerprint density at radius 3 is 2.36 bits per heavy atom. The lowest BCUT2D eigenvalue weighted by molar-refractivity contribution is -0.140. The van der Waals surface area contributed by atoms with Gasteiger partial charge in [0.05, 0.1) is 12.8 Å². The fourth-order valence-corrected chi connectivity index (χ4v) is 4.51. The molecular formula is C28H30FN3O4. The molecule has 7 nitrogen and oxygen atoms in total. The summed E-state index contributed by atoms with van der Waals surface area (Å²) in [5, 5.41) is 5.66. The minimum absolute atomic E-state index is 0.0465. The van der Waals surface area contributed by atoms with Crippen LogP contribution in [0.1, 0.15) is 53.4 Å². The van der Waals surface area contributed by atoms with Crippen LogP contribution in [0.25, 0.3) is 0 Å². The molecule has 0 spiro atoms. The van der Waals surface area contributed by atoms with Crippen molar-refractivity contribution >= 4 is 17.7 Å². The number of nitrogens with one attached hydrogen (secondary N) is 2. The summed E-state index contributed by atoms with van der Waals surface area (Å²) < 4.78 is 18.8. The largest absolute Gasteiger partial charge is 0.459 e. The van der Waals surface area contributed by atoms with Gasteiger partial charge in [0.2, 0.25) is 11.8 Å². The number of hydrogen-bond acceptors (Lipinski definition) is 4. The van der Waals surface area contributed by atoms with E-state index in [2.05, 4.69) is 10.6 Å². The van der Waals surface area contributed by atoms with Crippen LogP contribution in [-0.4, -0.2) is 41.8 Å². The molecule has 36 heavy (non-hydrogen) atoms. The predicted molar refractivity (Wildman–Crippen MR) is 132 cm³/mol. The molecule has 1 aromatic heterocycles. The summed E-state index contributed by atoms with van der Waals surface area (Å²) in [4.78, 5) is 40.9. The highest BCUT2D eigenvalue weighted by molar-refractivity contribution is 5.95. The van der Waals surface area contributed by atoms with E-state index in [1.165, 1.54) is 41.5 Å². The fraction of sp³-hybridized carbons (Fsp3) is 0.321. The molecule has 1 aliphatic carbocycles. The second-order valence-electron chi connectivity index (χ2n) is 8.93. The molecule has 188 valence electrons. The Morgan fingerprint density at radius 1 is 0.972 bits per heavy atom. The molecule has 0 radical (unpaired) electrons. The number of halogens is 1. The maximum atomic E-state index is 13.7. The maximum absolute atomic E-state index is 13.7. The van der Waals surface area contributed by atoms with Crippen molar-refractivity contribution in [3.8, 4) is 0 Å². The Labute approximate surface area is 209 Å². The number of furan rings is 1. The second kappa shape index (κ2) is 12.2. The summed E-state index contributed by atoms with van der Waals surface area (Å²) in [6.07, 6.45) is 5.75. The first kappa shape index (κ1) is 25.2. The summed E-state index contributed by atoms with van der Waals surface area (Å²) >= 11 is 0.